The van der Waals surface area contributed by atoms with Crippen molar-refractivity contribution < 1.29 is 8.78 Å². The number of nitrogens with zero attached hydrogens (tertiary/aromatic N) is 2. The molecule has 0 atom stereocenters. The molecule has 1 aromatic heterocycles. The summed E-state index contributed by atoms with van der Waals surface area (Å²) in [6, 6.07) is 0. The first-order valence-electron chi connectivity index (χ1n) is 4.39. The van der Waals surface area contributed by atoms with Crippen molar-refractivity contribution in [3.63, 3.8) is 0 Å². The predicted octanol–water partition coefficient (Wildman–Crippen LogP) is 2.35. The fourth-order valence-electron chi connectivity index (χ4n) is 1.07. The maximum Gasteiger partial charge on any atom is 0.157 e. The number of allylic oxidation sites excluding steroid dienone is 4. The summed E-state index contributed by atoms with van der Waals surface area (Å²) in [4.78, 5) is 7.35. The first-order valence-corrected chi connectivity index (χ1v) is 4.77. The highest BCUT2D eigenvalue weighted by molar-refractivity contribution is 6.31. The van der Waals surface area contributed by atoms with E-state index in [-0.39, 0.29) is 16.7 Å². The van der Waals surface area contributed by atoms with Gasteiger partial charge in [-0.25, -0.2) is 18.7 Å². The van der Waals surface area contributed by atoms with Crippen molar-refractivity contribution in [2.24, 2.45) is 5.73 Å². The maximum absolute atomic E-state index is 13.5. The minimum absolute atomic E-state index is 0.0363. The number of nitrogen functional groups attached to an aromatic ring is 1. The fraction of sp³-hybridized carbons (Fsp3) is 0. The average Bonchev–Trinajstić information content (AvgIpc) is 2.31. The number of nitrogens with two attached hydrogens (primary N) is 2. The summed E-state index contributed by atoms with van der Waals surface area (Å²) in [6.45, 7) is 3.19. The summed E-state index contributed by atoms with van der Waals surface area (Å²) in [7, 11) is 0. The van der Waals surface area contributed by atoms with E-state index in [1.165, 1.54) is 0 Å². The van der Waals surface area contributed by atoms with Crippen LogP contribution in [0.5, 0.6) is 0 Å². The van der Waals surface area contributed by atoms with Crippen LogP contribution in [-0.2, 0) is 0 Å². The van der Waals surface area contributed by atoms with Gasteiger partial charge < -0.3 is 11.5 Å². The minimum atomic E-state index is -1.02. The lowest BCUT2D eigenvalue weighted by molar-refractivity contribution is 0.638. The van der Waals surface area contributed by atoms with Gasteiger partial charge in [0.05, 0.1) is 11.8 Å². The molecular formula is C10H9ClF2N4. The van der Waals surface area contributed by atoms with Crippen LogP contribution in [0.3, 0.4) is 0 Å². The van der Waals surface area contributed by atoms with Crippen LogP contribution in [0.2, 0.25) is 5.15 Å². The summed E-state index contributed by atoms with van der Waals surface area (Å²) in [5, 5.41) is -0.228. The molecule has 0 aromatic carbocycles. The number of rotatable bonds is 3. The number of hydrogen-bond donors (Lipinski definition) is 2. The Morgan fingerprint density at radius 3 is 2.59 bits per heavy atom. The first-order chi connectivity index (χ1) is 8.01. The molecule has 0 radical (unpaired) electrons. The Bertz CT molecular complexity index is 511. The van der Waals surface area contributed by atoms with E-state index >= 15 is 0 Å². The summed E-state index contributed by atoms with van der Waals surface area (Å²) in [5.74, 6) is -1.94. The molecular weight excluding hydrogens is 250 g/mol. The van der Waals surface area contributed by atoms with Crippen LogP contribution in [0, 0.1) is 0 Å². The van der Waals surface area contributed by atoms with E-state index in [0.717, 1.165) is 12.3 Å². The Hall–Kier alpha value is -1.95. The molecule has 7 heteroatoms. The summed E-state index contributed by atoms with van der Waals surface area (Å²) >= 11 is 5.70. The molecule has 0 spiro atoms. The molecule has 0 amide bonds. The monoisotopic (exact) mass is 258 g/mol. The molecule has 4 N–H and O–H groups in total. The first kappa shape index (κ1) is 13.1. The Labute approximate surface area is 101 Å². The van der Waals surface area contributed by atoms with Crippen LogP contribution in [0.1, 0.15) is 5.69 Å². The molecule has 17 heavy (non-hydrogen) atoms. The SMILES string of the molecule is C=C/C(F)=C(\C(F)=C/N)c1ncc(N)nc1Cl. The highest BCUT2D eigenvalue weighted by atomic mass is 35.5. The summed E-state index contributed by atoms with van der Waals surface area (Å²) < 4.78 is 26.9. The van der Waals surface area contributed by atoms with Gasteiger partial charge in [-0.2, -0.15) is 0 Å². The number of halogens is 3. The zero-order chi connectivity index (χ0) is 13.0. The number of hydrogen-bond acceptors (Lipinski definition) is 4. The molecule has 1 aromatic rings. The van der Waals surface area contributed by atoms with E-state index < -0.39 is 17.2 Å². The van der Waals surface area contributed by atoms with Gasteiger partial charge in [0.15, 0.2) is 11.0 Å². The van der Waals surface area contributed by atoms with Gasteiger partial charge in [-0.3, -0.25) is 0 Å². The van der Waals surface area contributed by atoms with Gasteiger partial charge in [0.25, 0.3) is 0 Å². The van der Waals surface area contributed by atoms with Gasteiger partial charge in [-0.1, -0.05) is 18.2 Å². The van der Waals surface area contributed by atoms with Crippen molar-refractivity contribution in [3.8, 4) is 0 Å². The molecule has 0 aliphatic heterocycles. The molecule has 0 aliphatic rings. The van der Waals surface area contributed by atoms with Crippen LogP contribution < -0.4 is 11.5 Å². The lowest BCUT2D eigenvalue weighted by Gasteiger charge is -2.06. The molecule has 0 unspecified atom stereocenters. The molecule has 1 heterocycles. The van der Waals surface area contributed by atoms with E-state index in [4.69, 9.17) is 23.1 Å². The molecule has 0 fully saturated rings. The smallest absolute Gasteiger partial charge is 0.157 e. The highest BCUT2D eigenvalue weighted by Crippen LogP contribution is 2.31. The van der Waals surface area contributed by atoms with Crippen LogP contribution in [-0.4, -0.2) is 9.97 Å². The van der Waals surface area contributed by atoms with Crippen molar-refractivity contribution in [2.75, 3.05) is 5.73 Å². The molecule has 0 aliphatic carbocycles. The van der Waals surface area contributed by atoms with Crippen molar-refractivity contribution in [2.45, 2.75) is 0 Å². The normalized spacial score (nSPS) is 13.2. The lowest BCUT2D eigenvalue weighted by atomic mass is 10.1. The molecule has 0 saturated carbocycles. The van der Waals surface area contributed by atoms with E-state index in [1.54, 1.807) is 0 Å². The van der Waals surface area contributed by atoms with Gasteiger partial charge in [0.1, 0.15) is 17.3 Å². The Morgan fingerprint density at radius 1 is 1.47 bits per heavy atom. The average molecular weight is 259 g/mol. The van der Waals surface area contributed by atoms with E-state index in [9.17, 15) is 8.78 Å². The molecule has 0 saturated heterocycles. The number of anilines is 1. The van der Waals surface area contributed by atoms with Gasteiger partial charge in [-0.05, 0) is 6.08 Å². The molecule has 1 rings (SSSR count). The van der Waals surface area contributed by atoms with Crippen LogP contribution in [0.25, 0.3) is 5.57 Å². The van der Waals surface area contributed by atoms with E-state index in [0.29, 0.717) is 6.20 Å². The van der Waals surface area contributed by atoms with Crippen molar-refractivity contribution in [3.05, 3.63) is 47.6 Å². The third-order valence-electron chi connectivity index (χ3n) is 1.79. The van der Waals surface area contributed by atoms with Crippen LogP contribution in [0.15, 0.2) is 36.7 Å². The van der Waals surface area contributed by atoms with Gasteiger partial charge >= 0.3 is 0 Å². The summed E-state index contributed by atoms with van der Waals surface area (Å²) in [5.41, 5.74) is 9.61. The van der Waals surface area contributed by atoms with Crippen molar-refractivity contribution >= 4 is 23.0 Å². The quantitative estimate of drug-likeness (QED) is 0.816. The molecule has 0 bridgehead atoms. The topological polar surface area (TPSA) is 77.8 Å². The Kier molecular flexibility index (Phi) is 4.17. The van der Waals surface area contributed by atoms with Gasteiger partial charge in [-0.15, -0.1) is 0 Å². The Balaban J connectivity index is 3.49. The van der Waals surface area contributed by atoms with Gasteiger partial charge in [0.2, 0.25) is 0 Å². The van der Waals surface area contributed by atoms with Crippen molar-refractivity contribution in [1.82, 2.24) is 9.97 Å². The third kappa shape index (κ3) is 2.79. The zero-order valence-electron chi connectivity index (χ0n) is 8.62. The summed E-state index contributed by atoms with van der Waals surface area (Å²) in [6.07, 6.45) is 2.53. The largest absolute Gasteiger partial charge is 0.402 e. The Morgan fingerprint density at radius 2 is 2.12 bits per heavy atom. The minimum Gasteiger partial charge on any atom is -0.402 e. The molecule has 90 valence electrons. The second-order valence-corrected chi connectivity index (χ2v) is 3.23. The van der Waals surface area contributed by atoms with Crippen molar-refractivity contribution in [1.29, 1.82) is 0 Å². The predicted molar refractivity (Wildman–Crippen MR) is 63.1 cm³/mol. The third-order valence-corrected chi connectivity index (χ3v) is 2.05. The number of aromatic nitrogens is 2. The molecule has 4 nitrogen and oxygen atoms in total. The highest BCUT2D eigenvalue weighted by Gasteiger charge is 2.18. The van der Waals surface area contributed by atoms with Crippen LogP contribution >= 0.6 is 11.6 Å². The second kappa shape index (κ2) is 5.40. The van der Waals surface area contributed by atoms with Crippen LogP contribution in [0.4, 0.5) is 14.6 Å². The zero-order valence-corrected chi connectivity index (χ0v) is 9.38. The second-order valence-electron chi connectivity index (χ2n) is 2.88. The fourth-order valence-corrected chi connectivity index (χ4v) is 1.31. The maximum atomic E-state index is 13.5. The standard InChI is InChI=1S/C10H9ClF2N4/c1-2-5(12)8(6(13)3-14)9-10(11)17-7(15)4-16-9/h2-4H,1,14H2,(H2,15,17)/b6-3+,8-5-. The van der Waals surface area contributed by atoms with Gasteiger partial charge in [0, 0.05) is 6.20 Å². The van der Waals surface area contributed by atoms with E-state index in [1.807, 2.05) is 0 Å². The lowest BCUT2D eigenvalue weighted by Crippen LogP contribution is -2.00. The van der Waals surface area contributed by atoms with E-state index in [2.05, 4.69) is 16.5 Å².